The lowest BCUT2D eigenvalue weighted by Crippen LogP contribution is -2.41. The Hall–Kier alpha value is -1.96. The van der Waals surface area contributed by atoms with Gasteiger partial charge in [0.25, 0.3) is 0 Å². The highest BCUT2D eigenvalue weighted by Crippen LogP contribution is 2.37. The smallest absolute Gasteiger partial charge is 0.399 e. The maximum atomic E-state index is 15.5. The molecule has 0 aliphatic carbocycles. The highest BCUT2D eigenvalue weighted by atomic mass is 19.1. The van der Waals surface area contributed by atoms with Crippen LogP contribution in [-0.2, 0) is 29.3 Å². The zero-order chi connectivity index (χ0) is 23.4. The van der Waals surface area contributed by atoms with Gasteiger partial charge in [0.05, 0.1) is 16.9 Å². The van der Waals surface area contributed by atoms with Gasteiger partial charge in [-0.3, -0.25) is 4.90 Å². The molecule has 172 valence electrons. The molecule has 3 heterocycles. The van der Waals surface area contributed by atoms with Crippen LogP contribution in [0.5, 0.6) is 0 Å². The van der Waals surface area contributed by atoms with Gasteiger partial charge in [0.2, 0.25) is 0 Å². The Bertz CT molecular complexity index is 1040. The highest BCUT2D eigenvalue weighted by Gasteiger charge is 2.52. The van der Waals surface area contributed by atoms with Gasteiger partial charge in [0.1, 0.15) is 0 Å². The summed E-state index contributed by atoms with van der Waals surface area (Å²) in [7, 11) is 1.44. The second kappa shape index (κ2) is 8.12. The molecule has 0 amide bonds. The third kappa shape index (κ3) is 3.95. The van der Waals surface area contributed by atoms with Gasteiger partial charge in [-0.1, -0.05) is 18.2 Å². The monoisotopic (exact) mass is 439 g/mol. The minimum absolute atomic E-state index is 0.327. The fraction of sp³-hybridized carbons (Fsp3) is 0.560. The lowest BCUT2D eigenvalue weighted by atomic mass is 9.75. The summed E-state index contributed by atoms with van der Waals surface area (Å²) in [6.07, 6.45) is 2.47. The second-order valence-corrected chi connectivity index (χ2v) is 10.3. The maximum absolute atomic E-state index is 15.5. The summed E-state index contributed by atoms with van der Waals surface area (Å²) in [6, 6.07) is 6.30. The summed E-state index contributed by atoms with van der Waals surface area (Å²) in [6.45, 7) is 16.3. The molecule has 7 heteroatoms. The van der Waals surface area contributed by atoms with Gasteiger partial charge in [-0.2, -0.15) is 0 Å². The Morgan fingerprint density at radius 3 is 2.47 bits per heavy atom. The van der Waals surface area contributed by atoms with Crippen LogP contribution in [0, 0.1) is 6.92 Å². The highest BCUT2D eigenvalue weighted by molar-refractivity contribution is 6.62. The van der Waals surface area contributed by atoms with Gasteiger partial charge in [0, 0.05) is 38.3 Å². The van der Waals surface area contributed by atoms with E-state index in [2.05, 4.69) is 23.7 Å². The van der Waals surface area contributed by atoms with E-state index in [1.165, 1.54) is 0 Å². The van der Waals surface area contributed by atoms with Gasteiger partial charge in [-0.05, 0) is 71.1 Å². The zero-order valence-electron chi connectivity index (χ0n) is 20.6. The van der Waals surface area contributed by atoms with Crippen molar-refractivity contribution in [3.8, 4) is 0 Å². The van der Waals surface area contributed by atoms with E-state index in [1.807, 2.05) is 64.4 Å². The van der Waals surface area contributed by atoms with Gasteiger partial charge in [0.15, 0.2) is 11.7 Å². The predicted octanol–water partition coefficient (Wildman–Crippen LogP) is 4.26. The van der Waals surface area contributed by atoms with E-state index < -0.39 is 18.3 Å². The summed E-state index contributed by atoms with van der Waals surface area (Å²) in [5.41, 5.74) is 3.95. The van der Waals surface area contributed by atoms with Crippen molar-refractivity contribution in [2.24, 2.45) is 7.05 Å². The van der Waals surface area contributed by atoms with Gasteiger partial charge < -0.3 is 13.9 Å². The Kier molecular flexibility index (Phi) is 5.89. The number of hydrogen-bond donors (Lipinski definition) is 0. The van der Waals surface area contributed by atoms with Crippen molar-refractivity contribution in [3.05, 3.63) is 46.5 Å². The van der Waals surface area contributed by atoms with Crippen LogP contribution in [0.4, 0.5) is 4.39 Å². The van der Waals surface area contributed by atoms with E-state index in [0.29, 0.717) is 11.9 Å². The fourth-order valence-electron chi connectivity index (χ4n) is 4.46. The topological polar surface area (TPSA) is 39.5 Å². The molecule has 0 atom stereocenters. The van der Waals surface area contributed by atoms with Crippen LogP contribution in [0.2, 0.25) is 0 Å². The predicted molar refractivity (Wildman–Crippen MR) is 128 cm³/mol. The summed E-state index contributed by atoms with van der Waals surface area (Å²) >= 11 is 0. The van der Waals surface area contributed by atoms with Crippen LogP contribution >= 0.6 is 0 Å². The third-order valence-electron chi connectivity index (χ3n) is 7.44. The molecule has 0 radical (unpaired) electrons. The van der Waals surface area contributed by atoms with Gasteiger partial charge >= 0.3 is 7.12 Å². The number of benzene rings is 1. The number of aromatic nitrogens is 2. The molecule has 1 saturated heterocycles. The number of imidazole rings is 1. The first-order valence-corrected chi connectivity index (χ1v) is 11.5. The lowest BCUT2D eigenvalue weighted by molar-refractivity contribution is 0.00578. The average Bonchev–Trinajstić information content (AvgIpc) is 3.15. The normalized spacial score (nSPS) is 20.8. The lowest BCUT2D eigenvalue weighted by Gasteiger charge is -2.32. The molecule has 0 bridgehead atoms. The molecular formula is C25H35BFN3O2. The van der Waals surface area contributed by atoms with Crippen LogP contribution in [0.15, 0.2) is 18.2 Å². The van der Waals surface area contributed by atoms with Crippen LogP contribution < -0.4 is 5.46 Å². The Morgan fingerprint density at radius 2 is 1.84 bits per heavy atom. The van der Waals surface area contributed by atoms with Crippen LogP contribution in [0.1, 0.15) is 69.9 Å². The van der Waals surface area contributed by atoms with Crippen LogP contribution in [-0.4, -0.2) is 45.4 Å². The number of rotatable bonds is 4. The fourth-order valence-corrected chi connectivity index (χ4v) is 4.46. The van der Waals surface area contributed by atoms with E-state index in [-0.39, 0.29) is 5.83 Å². The maximum Gasteiger partial charge on any atom is 0.495 e. The summed E-state index contributed by atoms with van der Waals surface area (Å²) in [4.78, 5) is 7.05. The quantitative estimate of drug-likeness (QED) is 0.668. The second-order valence-electron chi connectivity index (χ2n) is 10.3. The minimum atomic E-state index is -0.473. The first-order valence-electron chi connectivity index (χ1n) is 11.5. The molecule has 1 aromatic carbocycles. The first kappa shape index (κ1) is 23.2. The average molecular weight is 439 g/mol. The molecule has 0 saturated carbocycles. The largest absolute Gasteiger partial charge is 0.495 e. The van der Waals surface area contributed by atoms with Crippen molar-refractivity contribution in [1.29, 1.82) is 0 Å². The van der Waals surface area contributed by atoms with Crippen molar-refractivity contribution >= 4 is 24.5 Å². The summed E-state index contributed by atoms with van der Waals surface area (Å²) in [5, 5.41) is 0. The Labute approximate surface area is 191 Å². The molecule has 4 rings (SSSR count). The Balaban J connectivity index is 1.64. The van der Waals surface area contributed by atoms with Crippen molar-refractivity contribution in [1.82, 2.24) is 14.5 Å². The first-order chi connectivity index (χ1) is 14.9. The molecular weight excluding hydrogens is 404 g/mol. The molecule has 2 aliphatic rings. The molecule has 0 spiro atoms. The van der Waals surface area contributed by atoms with E-state index >= 15 is 4.39 Å². The van der Waals surface area contributed by atoms with Gasteiger partial charge in [-0.25, -0.2) is 9.37 Å². The number of fused-ring (bicyclic) bond motifs is 1. The summed E-state index contributed by atoms with van der Waals surface area (Å²) in [5.74, 6) is 0.0632. The minimum Gasteiger partial charge on any atom is -0.399 e. The van der Waals surface area contributed by atoms with Crippen molar-refractivity contribution < 1.29 is 13.7 Å². The van der Waals surface area contributed by atoms with Crippen LogP contribution in [0.3, 0.4) is 0 Å². The van der Waals surface area contributed by atoms with Crippen molar-refractivity contribution in [2.75, 3.05) is 6.54 Å². The number of hydrogen-bond acceptors (Lipinski definition) is 4. The zero-order valence-corrected chi connectivity index (χ0v) is 20.6. The Morgan fingerprint density at radius 1 is 1.19 bits per heavy atom. The molecule has 1 fully saturated rings. The molecule has 0 N–H and O–H groups in total. The van der Waals surface area contributed by atoms with Gasteiger partial charge in [-0.15, -0.1) is 0 Å². The molecule has 2 aromatic rings. The SMILES string of the molecule is Cc1c(C=C(F)c2nc3c(n2C)CCN(C(C)C)C3)cccc1B1OC(C)(C)C(C)(C)O1. The molecule has 1 aromatic heterocycles. The van der Waals surface area contributed by atoms with Crippen molar-refractivity contribution in [3.63, 3.8) is 0 Å². The third-order valence-corrected chi connectivity index (χ3v) is 7.44. The van der Waals surface area contributed by atoms with E-state index in [4.69, 9.17) is 9.31 Å². The molecule has 32 heavy (non-hydrogen) atoms. The summed E-state index contributed by atoms with van der Waals surface area (Å²) < 4.78 is 29.8. The number of nitrogens with zero attached hydrogens (tertiary/aromatic N) is 3. The van der Waals surface area contributed by atoms with E-state index in [0.717, 1.165) is 47.5 Å². The van der Waals surface area contributed by atoms with Crippen molar-refractivity contribution in [2.45, 2.75) is 78.7 Å². The molecule has 0 unspecified atom stereocenters. The molecule has 2 aliphatic heterocycles. The van der Waals surface area contributed by atoms with E-state index in [1.54, 1.807) is 6.08 Å². The van der Waals surface area contributed by atoms with E-state index in [9.17, 15) is 0 Å². The van der Waals surface area contributed by atoms with Crippen LogP contribution in [0.25, 0.3) is 11.9 Å². The standard InChI is InChI=1S/C25H35BFN3O2/c1-16(2)30-13-12-22-21(15-30)28-23(29(22)8)20(27)14-18-10-9-11-19(17(18)3)26-31-24(4,5)25(6,7)32-26/h9-11,14,16H,12-13,15H2,1-8H3. The number of halogens is 1. The molecule has 5 nitrogen and oxygen atoms in total.